The fraction of sp³-hybridized carbons (Fsp3) is 0.174. The maximum absolute atomic E-state index is 13.5. The molecule has 148 valence electrons. The quantitative estimate of drug-likeness (QED) is 0.637. The number of carbonyl (C=O) groups is 1. The van der Waals surface area contributed by atoms with Crippen LogP contribution < -0.4 is 14.8 Å². The van der Waals surface area contributed by atoms with Gasteiger partial charge in [0, 0.05) is 12.2 Å². The molecule has 0 fully saturated rings. The Labute approximate surface area is 168 Å². The third-order valence-electron chi connectivity index (χ3n) is 4.88. The molecule has 1 aliphatic rings. The van der Waals surface area contributed by atoms with Crippen molar-refractivity contribution in [2.75, 3.05) is 12.1 Å². The summed E-state index contributed by atoms with van der Waals surface area (Å²) in [6.45, 7) is 2.52. The summed E-state index contributed by atoms with van der Waals surface area (Å²) in [5.41, 5.74) is 2.32. The Bertz CT molecular complexity index is 1010. The fourth-order valence-electron chi connectivity index (χ4n) is 3.29. The van der Waals surface area contributed by atoms with Gasteiger partial charge in [-0.05, 0) is 48.4 Å². The van der Waals surface area contributed by atoms with Crippen molar-refractivity contribution in [1.82, 2.24) is 4.90 Å². The molecular formula is C23H21FN2O3. The van der Waals surface area contributed by atoms with Gasteiger partial charge in [0.15, 0.2) is 11.5 Å². The van der Waals surface area contributed by atoms with Gasteiger partial charge in [-0.2, -0.15) is 0 Å². The van der Waals surface area contributed by atoms with Gasteiger partial charge in [-0.25, -0.2) is 9.18 Å². The normalized spacial score (nSPS) is 13.0. The zero-order valence-corrected chi connectivity index (χ0v) is 16.0. The molecule has 3 aromatic rings. The summed E-state index contributed by atoms with van der Waals surface area (Å²) >= 11 is 0. The monoisotopic (exact) mass is 392 g/mol. The maximum atomic E-state index is 13.5. The second-order valence-corrected chi connectivity index (χ2v) is 6.84. The first kappa shape index (κ1) is 18.8. The number of nitrogens with one attached hydrogen (secondary N) is 1. The lowest BCUT2D eigenvalue weighted by molar-refractivity contribution is 0.173. The van der Waals surface area contributed by atoms with Crippen LogP contribution in [0.5, 0.6) is 11.5 Å². The third kappa shape index (κ3) is 4.32. The van der Waals surface area contributed by atoms with Crippen LogP contribution in [0, 0.1) is 5.82 Å². The number of urea groups is 1. The van der Waals surface area contributed by atoms with Crippen molar-refractivity contribution in [2.24, 2.45) is 0 Å². The highest BCUT2D eigenvalue weighted by Gasteiger charge is 2.23. The highest BCUT2D eigenvalue weighted by Crippen LogP contribution is 2.33. The zero-order chi connectivity index (χ0) is 20.2. The molecule has 0 radical (unpaired) electrons. The Hall–Kier alpha value is -3.54. The number of anilines is 1. The Morgan fingerprint density at radius 1 is 1.03 bits per heavy atom. The SMILES string of the molecule is CC(c1ccccc1)N(Cc1ccc2c(c1)OCO2)C(=O)Nc1cccc(F)c1. The number of carbonyl (C=O) groups excluding carboxylic acids is 1. The summed E-state index contributed by atoms with van der Waals surface area (Å²) in [6.07, 6.45) is 0. The number of hydrogen-bond acceptors (Lipinski definition) is 3. The molecule has 0 spiro atoms. The highest BCUT2D eigenvalue weighted by molar-refractivity contribution is 5.89. The van der Waals surface area contributed by atoms with Crippen molar-refractivity contribution >= 4 is 11.7 Å². The third-order valence-corrected chi connectivity index (χ3v) is 4.88. The van der Waals surface area contributed by atoms with E-state index in [9.17, 15) is 9.18 Å². The van der Waals surface area contributed by atoms with Gasteiger partial charge in [0.25, 0.3) is 0 Å². The molecule has 2 amide bonds. The number of fused-ring (bicyclic) bond motifs is 1. The van der Waals surface area contributed by atoms with Crippen LogP contribution in [0.2, 0.25) is 0 Å². The minimum Gasteiger partial charge on any atom is -0.454 e. The van der Waals surface area contributed by atoms with Crippen LogP contribution in [-0.2, 0) is 6.54 Å². The van der Waals surface area contributed by atoms with E-state index in [2.05, 4.69) is 5.32 Å². The summed E-state index contributed by atoms with van der Waals surface area (Å²) in [5, 5.41) is 2.80. The van der Waals surface area contributed by atoms with Crippen LogP contribution in [0.4, 0.5) is 14.9 Å². The number of nitrogens with zero attached hydrogens (tertiary/aromatic N) is 1. The lowest BCUT2D eigenvalue weighted by atomic mass is 10.1. The average molecular weight is 392 g/mol. The van der Waals surface area contributed by atoms with Crippen molar-refractivity contribution in [1.29, 1.82) is 0 Å². The molecule has 0 aromatic heterocycles. The summed E-state index contributed by atoms with van der Waals surface area (Å²) in [4.78, 5) is 14.8. The summed E-state index contributed by atoms with van der Waals surface area (Å²) in [7, 11) is 0. The molecule has 1 N–H and O–H groups in total. The van der Waals surface area contributed by atoms with Crippen LogP contribution in [0.3, 0.4) is 0 Å². The zero-order valence-electron chi connectivity index (χ0n) is 16.0. The Balaban J connectivity index is 1.60. The Morgan fingerprint density at radius 2 is 1.83 bits per heavy atom. The molecule has 29 heavy (non-hydrogen) atoms. The van der Waals surface area contributed by atoms with Crippen molar-refractivity contribution < 1.29 is 18.7 Å². The fourth-order valence-corrected chi connectivity index (χ4v) is 3.29. The second-order valence-electron chi connectivity index (χ2n) is 6.84. The summed E-state index contributed by atoms with van der Waals surface area (Å²) in [6, 6.07) is 20.7. The van der Waals surface area contributed by atoms with Crippen molar-refractivity contribution in [3.63, 3.8) is 0 Å². The maximum Gasteiger partial charge on any atom is 0.322 e. The molecule has 0 aliphatic carbocycles. The topological polar surface area (TPSA) is 50.8 Å². The van der Waals surface area contributed by atoms with E-state index in [0.717, 1.165) is 11.1 Å². The molecule has 0 bridgehead atoms. The largest absolute Gasteiger partial charge is 0.454 e. The lowest BCUT2D eigenvalue weighted by Gasteiger charge is -2.30. The molecule has 5 nitrogen and oxygen atoms in total. The molecule has 4 rings (SSSR count). The predicted molar refractivity (Wildman–Crippen MR) is 108 cm³/mol. The predicted octanol–water partition coefficient (Wildman–Crippen LogP) is 5.35. The van der Waals surface area contributed by atoms with E-state index in [-0.39, 0.29) is 18.9 Å². The first-order valence-corrected chi connectivity index (χ1v) is 9.37. The number of halogens is 1. The average Bonchev–Trinajstić information content (AvgIpc) is 3.20. The lowest BCUT2D eigenvalue weighted by Crippen LogP contribution is -2.36. The van der Waals surface area contributed by atoms with Gasteiger partial charge in [-0.15, -0.1) is 0 Å². The van der Waals surface area contributed by atoms with Gasteiger partial charge >= 0.3 is 6.03 Å². The van der Waals surface area contributed by atoms with Crippen molar-refractivity contribution in [2.45, 2.75) is 19.5 Å². The van der Waals surface area contributed by atoms with E-state index in [4.69, 9.17) is 9.47 Å². The molecule has 0 saturated carbocycles. The van der Waals surface area contributed by atoms with Gasteiger partial charge in [-0.1, -0.05) is 42.5 Å². The van der Waals surface area contributed by atoms with E-state index >= 15 is 0 Å². The van der Waals surface area contributed by atoms with Crippen LogP contribution in [-0.4, -0.2) is 17.7 Å². The van der Waals surface area contributed by atoms with Gasteiger partial charge in [0.2, 0.25) is 6.79 Å². The van der Waals surface area contributed by atoms with Crippen molar-refractivity contribution in [3.05, 3.63) is 89.7 Å². The second kappa shape index (κ2) is 8.22. The van der Waals surface area contributed by atoms with E-state index in [0.29, 0.717) is 23.7 Å². The molecule has 1 heterocycles. The molecule has 1 aliphatic heterocycles. The van der Waals surface area contributed by atoms with Crippen molar-refractivity contribution in [3.8, 4) is 11.5 Å². The molecule has 3 aromatic carbocycles. The van der Waals surface area contributed by atoms with E-state index in [1.807, 2.05) is 55.5 Å². The van der Waals surface area contributed by atoms with E-state index < -0.39 is 5.82 Å². The first-order chi connectivity index (χ1) is 14.1. The summed E-state index contributed by atoms with van der Waals surface area (Å²) < 4.78 is 24.3. The standard InChI is InChI=1S/C23H21FN2O3/c1-16(18-6-3-2-4-7-18)26(23(27)25-20-9-5-8-19(24)13-20)14-17-10-11-21-22(12-17)29-15-28-21/h2-13,16H,14-15H2,1H3,(H,25,27). The van der Waals surface area contributed by atoms with Gasteiger partial charge < -0.3 is 19.7 Å². The summed E-state index contributed by atoms with van der Waals surface area (Å²) in [5.74, 6) is 0.960. The van der Waals surface area contributed by atoms with E-state index in [1.165, 1.54) is 12.1 Å². The number of amides is 2. The molecular weight excluding hydrogens is 371 g/mol. The van der Waals surface area contributed by atoms with Crippen LogP contribution in [0.1, 0.15) is 24.1 Å². The number of benzene rings is 3. The number of hydrogen-bond donors (Lipinski definition) is 1. The molecule has 0 saturated heterocycles. The van der Waals surface area contributed by atoms with Gasteiger partial charge in [0.1, 0.15) is 5.82 Å². The Morgan fingerprint density at radius 3 is 2.62 bits per heavy atom. The smallest absolute Gasteiger partial charge is 0.322 e. The molecule has 1 atom stereocenters. The van der Waals surface area contributed by atoms with Crippen LogP contribution in [0.25, 0.3) is 0 Å². The first-order valence-electron chi connectivity index (χ1n) is 9.37. The van der Waals surface area contributed by atoms with Gasteiger partial charge in [0.05, 0.1) is 6.04 Å². The minimum absolute atomic E-state index is 0.197. The molecule has 6 heteroatoms. The molecule has 1 unspecified atom stereocenters. The van der Waals surface area contributed by atoms with E-state index in [1.54, 1.807) is 17.0 Å². The highest BCUT2D eigenvalue weighted by atomic mass is 19.1. The minimum atomic E-state index is -0.402. The number of ether oxygens (including phenoxy) is 2. The van der Waals surface area contributed by atoms with Crippen LogP contribution in [0.15, 0.2) is 72.8 Å². The Kier molecular flexibility index (Phi) is 5.33. The number of rotatable bonds is 5. The van der Waals surface area contributed by atoms with Gasteiger partial charge in [-0.3, -0.25) is 0 Å². The van der Waals surface area contributed by atoms with Crippen LogP contribution >= 0.6 is 0 Å².